The van der Waals surface area contributed by atoms with Gasteiger partial charge in [-0.15, -0.1) is 0 Å². The Labute approximate surface area is 120 Å². The Bertz CT molecular complexity index is 235. The monoisotopic (exact) mass is 266 g/mol. The van der Waals surface area contributed by atoms with Crippen LogP contribution in [0.3, 0.4) is 0 Å². The van der Waals surface area contributed by atoms with Gasteiger partial charge in [-0.25, -0.2) is 0 Å². The van der Waals surface area contributed by atoms with Crippen molar-refractivity contribution in [1.82, 2.24) is 10.2 Å². The fourth-order valence-corrected chi connectivity index (χ4v) is 4.09. The molecule has 0 radical (unpaired) electrons. The first-order chi connectivity index (χ1) is 9.35. The van der Waals surface area contributed by atoms with E-state index in [0.717, 1.165) is 17.9 Å². The molecule has 0 aromatic rings. The molecule has 2 aliphatic rings. The van der Waals surface area contributed by atoms with Crippen LogP contribution in [0.1, 0.15) is 65.2 Å². The Balaban J connectivity index is 1.83. The summed E-state index contributed by atoms with van der Waals surface area (Å²) in [5, 5.41) is 3.51. The molecule has 2 heteroatoms. The van der Waals surface area contributed by atoms with E-state index in [1.165, 1.54) is 77.5 Å². The molecule has 0 amide bonds. The molecule has 0 bridgehead atoms. The largest absolute Gasteiger partial charge is 0.317 e. The van der Waals surface area contributed by atoms with Crippen molar-refractivity contribution >= 4 is 0 Å². The lowest BCUT2D eigenvalue weighted by Gasteiger charge is -2.36. The van der Waals surface area contributed by atoms with Crippen molar-refractivity contribution in [3.05, 3.63) is 0 Å². The molecular formula is C17H34N2. The number of rotatable bonds is 7. The van der Waals surface area contributed by atoms with Crippen LogP contribution < -0.4 is 5.32 Å². The minimum atomic E-state index is 0.915. The Kier molecular flexibility index (Phi) is 6.66. The van der Waals surface area contributed by atoms with Crippen LogP contribution in [0.15, 0.2) is 0 Å². The van der Waals surface area contributed by atoms with Crippen LogP contribution in [0, 0.1) is 11.8 Å². The molecule has 19 heavy (non-hydrogen) atoms. The van der Waals surface area contributed by atoms with Crippen molar-refractivity contribution in [2.45, 2.75) is 71.3 Å². The maximum absolute atomic E-state index is 3.51. The average Bonchev–Trinajstić information content (AvgIpc) is 2.92. The van der Waals surface area contributed by atoms with E-state index in [-0.39, 0.29) is 0 Å². The molecule has 0 aliphatic carbocycles. The fourth-order valence-electron chi connectivity index (χ4n) is 4.09. The molecule has 2 atom stereocenters. The maximum atomic E-state index is 3.51. The third-order valence-electron chi connectivity index (χ3n) is 5.38. The van der Waals surface area contributed by atoms with E-state index in [2.05, 4.69) is 24.1 Å². The lowest BCUT2D eigenvalue weighted by atomic mass is 9.88. The quantitative estimate of drug-likeness (QED) is 0.756. The summed E-state index contributed by atoms with van der Waals surface area (Å²) in [5.74, 6) is 1.93. The first-order valence-corrected chi connectivity index (χ1v) is 8.79. The molecule has 2 aliphatic heterocycles. The number of unbranched alkanes of at least 4 members (excludes halogenated alkanes) is 1. The summed E-state index contributed by atoms with van der Waals surface area (Å²) in [4.78, 5) is 2.86. The molecule has 0 saturated carbocycles. The second kappa shape index (κ2) is 8.26. The van der Waals surface area contributed by atoms with Crippen LogP contribution in [0.4, 0.5) is 0 Å². The molecule has 0 aromatic carbocycles. The van der Waals surface area contributed by atoms with Gasteiger partial charge in [-0.1, -0.05) is 33.1 Å². The number of likely N-dealkylation sites (tertiary alicyclic amines) is 1. The third kappa shape index (κ3) is 4.46. The molecule has 2 heterocycles. The minimum absolute atomic E-state index is 0.915. The first-order valence-electron chi connectivity index (χ1n) is 8.79. The molecule has 0 aromatic heterocycles. The number of piperidine rings is 1. The molecular weight excluding hydrogens is 232 g/mol. The van der Waals surface area contributed by atoms with Crippen LogP contribution >= 0.6 is 0 Å². The molecule has 2 fully saturated rings. The number of hydrogen-bond donors (Lipinski definition) is 1. The van der Waals surface area contributed by atoms with Gasteiger partial charge >= 0.3 is 0 Å². The number of nitrogens with zero attached hydrogens (tertiary/aromatic N) is 1. The van der Waals surface area contributed by atoms with Crippen molar-refractivity contribution < 1.29 is 0 Å². The van der Waals surface area contributed by atoms with Crippen molar-refractivity contribution in [2.75, 3.05) is 26.2 Å². The molecule has 1 N–H and O–H groups in total. The van der Waals surface area contributed by atoms with Crippen LogP contribution in [-0.4, -0.2) is 37.1 Å². The zero-order valence-corrected chi connectivity index (χ0v) is 13.2. The van der Waals surface area contributed by atoms with Crippen LogP contribution in [0.2, 0.25) is 0 Å². The fraction of sp³-hybridized carbons (Fsp3) is 1.00. The van der Waals surface area contributed by atoms with Crippen molar-refractivity contribution in [3.63, 3.8) is 0 Å². The van der Waals surface area contributed by atoms with Crippen LogP contribution in [-0.2, 0) is 0 Å². The SMILES string of the molecule is CCCCC(CC)CN1CCCC1C1CCNCC1. The Hall–Kier alpha value is -0.0800. The van der Waals surface area contributed by atoms with Gasteiger partial charge in [-0.3, -0.25) is 4.90 Å². The molecule has 2 unspecified atom stereocenters. The van der Waals surface area contributed by atoms with E-state index in [1.807, 2.05) is 0 Å². The van der Waals surface area contributed by atoms with Crippen molar-refractivity contribution in [1.29, 1.82) is 0 Å². The summed E-state index contributed by atoms with van der Waals surface area (Å²) in [6, 6.07) is 0.915. The summed E-state index contributed by atoms with van der Waals surface area (Å²) in [7, 11) is 0. The van der Waals surface area contributed by atoms with Gasteiger partial charge in [0.1, 0.15) is 0 Å². The molecule has 2 nitrogen and oxygen atoms in total. The summed E-state index contributed by atoms with van der Waals surface area (Å²) >= 11 is 0. The van der Waals surface area contributed by atoms with E-state index in [9.17, 15) is 0 Å². The normalized spacial score (nSPS) is 27.8. The third-order valence-corrected chi connectivity index (χ3v) is 5.38. The highest BCUT2D eigenvalue weighted by Crippen LogP contribution is 2.31. The summed E-state index contributed by atoms with van der Waals surface area (Å²) in [5.41, 5.74) is 0. The maximum Gasteiger partial charge on any atom is 0.0125 e. The Morgan fingerprint density at radius 1 is 1.16 bits per heavy atom. The predicted octanol–water partition coefficient (Wildman–Crippen LogP) is 3.67. The van der Waals surface area contributed by atoms with Crippen molar-refractivity contribution in [3.8, 4) is 0 Å². The zero-order chi connectivity index (χ0) is 13.5. The highest BCUT2D eigenvalue weighted by molar-refractivity contribution is 4.88. The van der Waals surface area contributed by atoms with Gasteiger partial charge in [0.05, 0.1) is 0 Å². The lowest BCUT2D eigenvalue weighted by molar-refractivity contribution is 0.138. The molecule has 0 spiro atoms. The van der Waals surface area contributed by atoms with Crippen molar-refractivity contribution in [2.24, 2.45) is 11.8 Å². The topological polar surface area (TPSA) is 15.3 Å². The van der Waals surface area contributed by atoms with E-state index < -0.39 is 0 Å². The standard InChI is InChI=1S/C17H34N2/c1-3-5-7-15(4-2)14-19-13-6-8-17(19)16-9-11-18-12-10-16/h15-18H,3-14H2,1-2H3. The van der Waals surface area contributed by atoms with Gasteiger partial charge in [0.25, 0.3) is 0 Å². The van der Waals surface area contributed by atoms with Crippen LogP contribution in [0.5, 0.6) is 0 Å². The second-order valence-electron chi connectivity index (χ2n) is 6.71. The predicted molar refractivity (Wildman–Crippen MR) is 83.5 cm³/mol. The van der Waals surface area contributed by atoms with E-state index in [0.29, 0.717) is 0 Å². The average molecular weight is 266 g/mol. The summed E-state index contributed by atoms with van der Waals surface area (Å²) in [6.07, 6.45) is 11.3. The summed E-state index contributed by atoms with van der Waals surface area (Å²) < 4.78 is 0. The number of nitrogens with one attached hydrogen (secondary N) is 1. The highest BCUT2D eigenvalue weighted by atomic mass is 15.2. The van der Waals surface area contributed by atoms with Gasteiger partial charge in [0, 0.05) is 12.6 Å². The smallest absolute Gasteiger partial charge is 0.0125 e. The van der Waals surface area contributed by atoms with Gasteiger partial charge < -0.3 is 5.32 Å². The molecule has 2 saturated heterocycles. The van der Waals surface area contributed by atoms with E-state index in [4.69, 9.17) is 0 Å². The summed E-state index contributed by atoms with van der Waals surface area (Å²) in [6.45, 7) is 9.96. The van der Waals surface area contributed by atoms with Gasteiger partial charge in [-0.05, 0) is 63.6 Å². The second-order valence-corrected chi connectivity index (χ2v) is 6.71. The molecule has 112 valence electrons. The zero-order valence-electron chi connectivity index (χ0n) is 13.2. The Morgan fingerprint density at radius 2 is 1.95 bits per heavy atom. The van der Waals surface area contributed by atoms with E-state index in [1.54, 1.807) is 0 Å². The van der Waals surface area contributed by atoms with Gasteiger partial charge in [0.15, 0.2) is 0 Å². The molecule has 2 rings (SSSR count). The van der Waals surface area contributed by atoms with Gasteiger partial charge in [-0.2, -0.15) is 0 Å². The van der Waals surface area contributed by atoms with Gasteiger partial charge in [0.2, 0.25) is 0 Å². The first kappa shape index (κ1) is 15.3. The van der Waals surface area contributed by atoms with E-state index >= 15 is 0 Å². The highest BCUT2D eigenvalue weighted by Gasteiger charge is 2.32. The number of hydrogen-bond acceptors (Lipinski definition) is 2. The Morgan fingerprint density at radius 3 is 2.63 bits per heavy atom. The lowest BCUT2D eigenvalue weighted by Crippen LogP contribution is -2.42. The van der Waals surface area contributed by atoms with Crippen LogP contribution in [0.25, 0.3) is 0 Å². The minimum Gasteiger partial charge on any atom is -0.317 e.